The maximum Gasteiger partial charge on any atom is 0.214 e. The zero-order valence-corrected chi connectivity index (χ0v) is 13.3. The number of amides is 1. The first-order valence-corrected chi connectivity index (χ1v) is 8.24. The SMILES string of the molecule is CCCCCCCCCCN(C=O)c1ccccc1CO. The summed E-state index contributed by atoms with van der Waals surface area (Å²) in [5.74, 6) is 0. The van der Waals surface area contributed by atoms with E-state index in [9.17, 15) is 9.90 Å². The molecule has 0 aliphatic carbocycles. The minimum absolute atomic E-state index is 0.0298. The van der Waals surface area contributed by atoms with Crippen LogP contribution in [0.4, 0.5) is 5.69 Å². The molecule has 0 spiro atoms. The van der Waals surface area contributed by atoms with Crippen LogP contribution < -0.4 is 4.90 Å². The highest BCUT2D eigenvalue weighted by Crippen LogP contribution is 2.20. The molecule has 1 rings (SSSR count). The Kier molecular flexibility index (Phi) is 9.55. The van der Waals surface area contributed by atoms with E-state index >= 15 is 0 Å². The molecule has 3 heteroatoms. The van der Waals surface area contributed by atoms with Crippen molar-refractivity contribution in [3.63, 3.8) is 0 Å². The van der Waals surface area contributed by atoms with Gasteiger partial charge in [-0.05, 0) is 12.5 Å². The van der Waals surface area contributed by atoms with Crippen LogP contribution in [0.15, 0.2) is 24.3 Å². The molecule has 1 aromatic rings. The van der Waals surface area contributed by atoms with Crippen LogP contribution in [0.2, 0.25) is 0 Å². The number of carbonyl (C=O) groups is 1. The number of unbranched alkanes of at least 4 members (excludes halogenated alkanes) is 7. The number of aliphatic hydroxyl groups excluding tert-OH is 1. The van der Waals surface area contributed by atoms with Gasteiger partial charge in [-0.25, -0.2) is 0 Å². The highest BCUT2D eigenvalue weighted by molar-refractivity contribution is 5.76. The number of rotatable bonds is 12. The lowest BCUT2D eigenvalue weighted by Crippen LogP contribution is -2.23. The monoisotopic (exact) mass is 291 g/mol. The Morgan fingerprint density at radius 3 is 2.24 bits per heavy atom. The maximum absolute atomic E-state index is 11.3. The van der Waals surface area contributed by atoms with Crippen LogP contribution in [-0.4, -0.2) is 18.1 Å². The number of benzene rings is 1. The fraction of sp³-hybridized carbons (Fsp3) is 0.611. The second kappa shape index (κ2) is 11.3. The third kappa shape index (κ3) is 6.76. The fourth-order valence-electron chi connectivity index (χ4n) is 2.57. The predicted octanol–water partition coefficient (Wildman–Crippen LogP) is 4.28. The summed E-state index contributed by atoms with van der Waals surface area (Å²) in [7, 11) is 0. The predicted molar refractivity (Wildman–Crippen MR) is 88.4 cm³/mol. The quantitative estimate of drug-likeness (QED) is 0.461. The van der Waals surface area contributed by atoms with Crippen LogP contribution in [0.1, 0.15) is 63.9 Å². The minimum Gasteiger partial charge on any atom is -0.392 e. The molecule has 0 fully saturated rings. The largest absolute Gasteiger partial charge is 0.392 e. The lowest BCUT2D eigenvalue weighted by Gasteiger charge is -2.20. The normalized spacial score (nSPS) is 10.6. The van der Waals surface area contributed by atoms with E-state index < -0.39 is 0 Å². The van der Waals surface area contributed by atoms with E-state index in [4.69, 9.17) is 0 Å². The van der Waals surface area contributed by atoms with Crippen LogP contribution in [0.25, 0.3) is 0 Å². The van der Waals surface area contributed by atoms with Crippen molar-refractivity contribution in [2.45, 2.75) is 64.9 Å². The van der Waals surface area contributed by atoms with Crippen LogP contribution in [0, 0.1) is 0 Å². The third-order valence-corrected chi connectivity index (χ3v) is 3.85. The summed E-state index contributed by atoms with van der Waals surface area (Å²) in [5.41, 5.74) is 1.64. The van der Waals surface area contributed by atoms with Gasteiger partial charge in [0.1, 0.15) is 0 Å². The van der Waals surface area contributed by atoms with Crippen molar-refractivity contribution in [1.29, 1.82) is 0 Å². The van der Waals surface area contributed by atoms with Crippen LogP contribution >= 0.6 is 0 Å². The van der Waals surface area contributed by atoms with Gasteiger partial charge in [0, 0.05) is 17.8 Å². The molecular formula is C18H29NO2. The Bertz CT molecular complexity index is 393. The smallest absolute Gasteiger partial charge is 0.214 e. The molecule has 0 saturated carbocycles. The van der Waals surface area contributed by atoms with Gasteiger partial charge < -0.3 is 10.0 Å². The van der Waals surface area contributed by atoms with Gasteiger partial charge in [0.2, 0.25) is 6.41 Å². The zero-order chi connectivity index (χ0) is 15.3. The summed E-state index contributed by atoms with van der Waals surface area (Å²) in [6.45, 7) is 2.94. The number of anilines is 1. The standard InChI is InChI=1S/C18H29NO2/c1-2-3-4-5-6-7-8-11-14-19(16-21)18-13-10-9-12-17(18)15-20/h9-10,12-13,16,20H,2-8,11,14-15H2,1H3. The van der Waals surface area contributed by atoms with Gasteiger partial charge in [-0.2, -0.15) is 0 Å². The highest BCUT2D eigenvalue weighted by atomic mass is 16.3. The summed E-state index contributed by atoms with van der Waals surface area (Å²) in [6, 6.07) is 7.54. The van der Waals surface area contributed by atoms with E-state index in [1.165, 1.54) is 38.5 Å². The Hall–Kier alpha value is -1.35. The Morgan fingerprint density at radius 2 is 1.62 bits per heavy atom. The first-order chi connectivity index (χ1) is 10.3. The summed E-state index contributed by atoms with van der Waals surface area (Å²) in [5, 5.41) is 9.33. The molecule has 21 heavy (non-hydrogen) atoms. The van der Waals surface area contributed by atoms with E-state index in [1.807, 2.05) is 24.3 Å². The van der Waals surface area contributed by atoms with Gasteiger partial charge in [-0.15, -0.1) is 0 Å². The Labute approximate surface area is 129 Å². The number of carbonyl (C=O) groups excluding carboxylic acids is 1. The van der Waals surface area contributed by atoms with E-state index in [-0.39, 0.29) is 6.61 Å². The molecular weight excluding hydrogens is 262 g/mol. The lowest BCUT2D eigenvalue weighted by atomic mass is 10.1. The van der Waals surface area contributed by atoms with E-state index in [0.29, 0.717) is 0 Å². The molecule has 0 aliphatic heterocycles. The molecule has 0 radical (unpaired) electrons. The minimum atomic E-state index is -0.0298. The lowest BCUT2D eigenvalue weighted by molar-refractivity contribution is -0.107. The molecule has 1 aromatic carbocycles. The molecule has 1 N–H and O–H groups in total. The van der Waals surface area contributed by atoms with Gasteiger partial charge >= 0.3 is 0 Å². The van der Waals surface area contributed by atoms with Crippen molar-refractivity contribution < 1.29 is 9.90 Å². The summed E-state index contributed by atoms with van der Waals surface area (Å²) in [6.07, 6.45) is 10.9. The van der Waals surface area contributed by atoms with E-state index in [2.05, 4.69) is 6.92 Å². The average molecular weight is 291 g/mol. The second-order valence-electron chi connectivity index (χ2n) is 5.56. The van der Waals surface area contributed by atoms with Crippen LogP contribution in [0.5, 0.6) is 0 Å². The first-order valence-electron chi connectivity index (χ1n) is 8.24. The third-order valence-electron chi connectivity index (χ3n) is 3.85. The number of hydrogen-bond donors (Lipinski definition) is 1. The average Bonchev–Trinajstić information content (AvgIpc) is 2.53. The van der Waals surface area contributed by atoms with Gasteiger partial charge in [0.15, 0.2) is 0 Å². The topological polar surface area (TPSA) is 40.5 Å². The molecule has 0 saturated heterocycles. The van der Waals surface area contributed by atoms with Crippen molar-refractivity contribution in [1.82, 2.24) is 0 Å². The molecule has 1 amide bonds. The van der Waals surface area contributed by atoms with Gasteiger partial charge in [0.05, 0.1) is 6.61 Å². The van der Waals surface area contributed by atoms with Crippen LogP contribution in [0.3, 0.4) is 0 Å². The molecule has 0 atom stereocenters. The zero-order valence-electron chi connectivity index (χ0n) is 13.3. The summed E-state index contributed by atoms with van der Waals surface area (Å²) < 4.78 is 0. The summed E-state index contributed by atoms with van der Waals surface area (Å²) in [4.78, 5) is 13.0. The first kappa shape index (κ1) is 17.7. The number of aliphatic hydroxyl groups is 1. The van der Waals surface area contributed by atoms with Crippen molar-refractivity contribution in [2.75, 3.05) is 11.4 Å². The molecule has 118 valence electrons. The molecule has 0 bridgehead atoms. The van der Waals surface area contributed by atoms with Crippen molar-refractivity contribution in [3.8, 4) is 0 Å². The summed E-state index contributed by atoms with van der Waals surface area (Å²) >= 11 is 0. The van der Waals surface area contributed by atoms with E-state index in [1.54, 1.807) is 4.90 Å². The van der Waals surface area contributed by atoms with E-state index in [0.717, 1.165) is 37.0 Å². The molecule has 3 nitrogen and oxygen atoms in total. The molecule has 0 aromatic heterocycles. The van der Waals surface area contributed by atoms with Crippen molar-refractivity contribution >= 4 is 12.1 Å². The maximum atomic E-state index is 11.3. The Morgan fingerprint density at radius 1 is 1.00 bits per heavy atom. The molecule has 0 unspecified atom stereocenters. The molecule has 0 heterocycles. The van der Waals surface area contributed by atoms with Gasteiger partial charge in [-0.3, -0.25) is 4.79 Å². The number of nitrogens with zero attached hydrogens (tertiary/aromatic N) is 1. The van der Waals surface area contributed by atoms with Crippen molar-refractivity contribution in [3.05, 3.63) is 29.8 Å². The van der Waals surface area contributed by atoms with Gasteiger partial charge in [0.25, 0.3) is 0 Å². The number of hydrogen-bond acceptors (Lipinski definition) is 2. The van der Waals surface area contributed by atoms with Crippen molar-refractivity contribution in [2.24, 2.45) is 0 Å². The Balaban J connectivity index is 2.27. The molecule has 0 aliphatic rings. The fourth-order valence-corrected chi connectivity index (χ4v) is 2.57. The number of para-hydroxylation sites is 1. The van der Waals surface area contributed by atoms with Crippen LogP contribution in [-0.2, 0) is 11.4 Å². The van der Waals surface area contributed by atoms with Gasteiger partial charge in [-0.1, -0.05) is 70.1 Å². The highest BCUT2D eigenvalue weighted by Gasteiger charge is 2.08. The second-order valence-corrected chi connectivity index (χ2v) is 5.56.